The summed E-state index contributed by atoms with van der Waals surface area (Å²) >= 11 is 6.34. The number of nitrogens with zero attached hydrogens (tertiary/aromatic N) is 3. The van der Waals surface area contributed by atoms with Crippen LogP contribution in [0.4, 0.5) is 0 Å². The molecule has 1 aromatic heterocycles. The molecule has 0 fully saturated rings. The summed E-state index contributed by atoms with van der Waals surface area (Å²) in [5, 5.41) is 11.0. The van der Waals surface area contributed by atoms with Crippen molar-refractivity contribution < 1.29 is 5.11 Å². The van der Waals surface area contributed by atoms with E-state index in [0.29, 0.717) is 17.2 Å². The lowest BCUT2D eigenvalue weighted by atomic mass is 9.60. The number of halogens is 1. The first-order valence-electron chi connectivity index (χ1n) is 9.75. The Kier molecular flexibility index (Phi) is 5.83. The fourth-order valence-electron chi connectivity index (χ4n) is 3.98. The van der Waals surface area contributed by atoms with Gasteiger partial charge in [0.05, 0.1) is 5.56 Å². The highest BCUT2D eigenvalue weighted by Gasteiger charge is 2.21. The Labute approximate surface area is 185 Å². The van der Waals surface area contributed by atoms with Crippen molar-refractivity contribution in [1.29, 1.82) is 0 Å². The van der Waals surface area contributed by atoms with Gasteiger partial charge in [0.25, 0.3) is 0 Å². The van der Waals surface area contributed by atoms with E-state index in [1.807, 2.05) is 31.4 Å². The normalized spacial score (nSPS) is 10.9. The summed E-state index contributed by atoms with van der Waals surface area (Å²) in [7, 11) is 18.5. The molecule has 3 aromatic rings. The Morgan fingerprint density at radius 1 is 0.483 bits per heavy atom. The first-order chi connectivity index (χ1) is 13.5. The number of aromatic hydroxyl groups is 1. The van der Waals surface area contributed by atoms with Crippen LogP contribution in [-0.2, 0) is 0 Å². The zero-order chi connectivity index (χ0) is 21.8. The SMILES string of the molecule is Bc1c(B)c(B)c(-c2nc(Cl)nc(-c3c(B)c(B)c(B)c(B)c3O)n2)c(B)c1B. The van der Waals surface area contributed by atoms with Crippen molar-refractivity contribution in [2.45, 2.75) is 0 Å². The van der Waals surface area contributed by atoms with E-state index in [1.165, 1.54) is 16.4 Å². The van der Waals surface area contributed by atoms with Crippen LogP contribution in [0.2, 0.25) is 5.28 Å². The molecule has 14 heteroatoms. The number of aromatic nitrogens is 3. The Hall–Kier alpha value is -1.88. The van der Waals surface area contributed by atoms with E-state index in [2.05, 4.69) is 49.2 Å². The Bertz CT molecular complexity index is 1040. The molecule has 0 atom stereocenters. The second kappa shape index (κ2) is 7.75. The van der Waals surface area contributed by atoms with Gasteiger partial charge >= 0.3 is 0 Å². The van der Waals surface area contributed by atoms with Crippen LogP contribution in [0.15, 0.2) is 0 Å². The fourth-order valence-corrected chi connectivity index (χ4v) is 4.14. The molecule has 0 aliphatic rings. The quantitative estimate of drug-likeness (QED) is 0.442. The highest BCUT2D eigenvalue weighted by atomic mass is 35.5. The smallest absolute Gasteiger partial charge is 0.226 e. The molecule has 0 aliphatic carbocycles. The van der Waals surface area contributed by atoms with Gasteiger partial charge in [0.15, 0.2) is 11.6 Å². The van der Waals surface area contributed by atoms with E-state index in [0.717, 1.165) is 38.3 Å². The van der Waals surface area contributed by atoms with Gasteiger partial charge in [-0.15, -0.1) is 21.9 Å². The van der Waals surface area contributed by atoms with Crippen LogP contribution in [0.1, 0.15) is 0 Å². The first-order valence-corrected chi connectivity index (χ1v) is 10.1. The van der Waals surface area contributed by atoms with Gasteiger partial charge in [0.1, 0.15) is 76.4 Å². The molecule has 4 nitrogen and oxygen atoms in total. The number of phenols is 1. The van der Waals surface area contributed by atoms with Gasteiger partial charge in [-0.1, -0.05) is 27.3 Å². The third kappa shape index (κ3) is 3.48. The van der Waals surface area contributed by atoms with Crippen molar-refractivity contribution >= 4 is 131 Å². The van der Waals surface area contributed by atoms with Gasteiger partial charge in [0, 0.05) is 5.56 Å². The third-order valence-corrected chi connectivity index (χ3v) is 6.88. The van der Waals surface area contributed by atoms with Gasteiger partial charge in [-0.25, -0.2) is 4.98 Å². The maximum atomic E-state index is 10.9. The highest BCUT2D eigenvalue weighted by molar-refractivity contribution is 6.68. The van der Waals surface area contributed by atoms with Crippen molar-refractivity contribution in [2.75, 3.05) is 0 Å². The topological polar surface area (TPSA) is 58.9 Å². The molecule has 0 radical (unpaired) electrons. The lowest BCUT2D eigenvalue weighted by molar-refractivity contribution is 0.482. The largest absolute Gasteiger partial charge is 0.508 e. The monoisotopic (exact) mass is 391 g/mol. The molecule has 134 valence electrons. The summed E-state index contributed by atoms with van der Waals surface area (Å²) in [4.78, 5) is 13.6. The van der Waals surface area contributed by atoms with E-state index in [1.54, 1.807) is 0 Å². The minimum absolute atomic E-state index is 0.120. The molecule has 0 spiro atoms. The zero-order valence-corrected chi connectivity index (χ0v) is 19.4. The Balaban J connectivity index is 2.37. The fraction of sp³-hybridized carbons (Fsp3) is 0. The molecule has 0 unspecified atom stereocenters. The molecule has 0 saturated heterocycles. The summed E-state index contributed by atoms with van der Waals surface area (Å²) in [6.45, 7) is 0. The van der Waals surface area contributed by atoms with Gasteiger partial charge in [-0.3, -0.25) is 0 Å². The minimum Gasteiger partial charge on any atom is -0.508 e. The molecular formula is C15H19B9ClN3O. The van der Waals surface area contributed by atoms with Crippen molar-refractivity contribution in [2.24, 2.45) is 0 Å². The van der Waals surface area contributed by atoms with E-state index >= 15 is 0 Å². The predicted octanol–water partition coefficient (Wildman–Crippen LogP) is -12.1. The van der Waals surface area contributed by atoms with E-state index in [4.69, 9.17) is 16.6 Å². The lowest BCUT2D eigenvalue weighted by Gasteiger charge is -2.20. The van der Waals surface area contributed by atoms with Gasteiger partial charge in [-0.05, 0) is 11.6 Å². The van der Waals surface area contributed by atoms with Crippen LogP contribution in [0.3, 0.4) is 0 Å². The number of benzene rings is 2. The number of phenolic OH excluding ortho intramolecular Hbond substituents is 1. The van der Waals surface area contributed by atoms with Crippen molar-refractivity contribution in [3.63, 3.8) is 0 Å². The van der Waals surface area contributed by atoms with E-state index < -0.39 is 0 Å². The molecule has 1 heterocycles. The van der Waals surface area contributed by atoms with Crippen LogP contribution < -0.4 is 49.2 Å². The summed E-state index contributed by atoms with van der Waals surface area (Å²) in [5.74, 6) is 1.13. The minimum atomic E-state index is 0.120. The van der Waals surface area contributed by atoms with Crippen LogP contribution in [-0.4, -0.2) is 90.7 Å². The second-order valence-corrected chi connectivity index (χ2v) is 8.31. The van der Waals surface area contributed by atoms with E-state index in [-0.39, 0.29) is 11.0 Å². The molecule has 0 aliphatic heterocycles. The molecule has 0 amide bonds. The standard InChI is InChI=1S/C15H19B9ClN3O/c16-3-1(4(17)7(20)9(22)6(3)19)13-26-14(28-15(25)27-13)2-5(18)8(21)10(23)11(24)12(2)29/h29H,16-24H2. The molecule has 0 bridgehead atoms. The molecule has 3 rings (SSSR count). The maximum Gasteiger partial charge on any atom is 0.226 e. The Morgan fingerprint density at radius 2 is 0.828 bits per heavy atom. The summed E-state index contributed by atoms with van der Waals surface area (Å²) in [6.07, 6.45) is 0. The lowest BCUT2D eigenvalue weighted by Crippen LogP contribution is -2.55. The molecular weight excluding hydrogens is 371 g/mol. The number of hydrogen-bond donors (Lipinski definition) is 1. The average Bonchev–Trinajstić information content (AvgIpc) is 2.67. The average molecular weight is 390 g/mol. The second-order valence-electron chi connectivity index (χ2n) is 7.98. The predicted molar refractivity (Wildman–Crippen MR) is 151 cm³/mol. The van der Waals surface area contributed by atoms with Crippen LogP contribution in [0.5, 0.6) is 5.75 Å². The zero-order valence-electron chi connectivity index (χ0n) is 18.7. The highest BCUT2D eigenvalue weighted by Crippen LogP contribution is 2.23. The van der Waals surface area contributed by atoms with Crippen LogP contribution >= 0.6 is 11.6 Å². The third-order valence-electron chi connectivity index (χ3n) is 6.71. The first kappa shape index (κ1) is 21.8. The number of rotatable bonds is 2. The number of hydrogen-bond acceptors (Lipinski definition) is 4. The molecule has 0 saturated carbocycles. The van der Waals surface area contributed by atoms with Crippen molar-refractivity contribution in [3.05, 3.63) is 5.28 Å². The van der Waals surface area contributed by atoms with Crippen LogP contribution in [0.25, 0.3) is 22.8 Å². The summed E-state index contributed by atoms with van der Waals surface area (Å²) in [5.41, 5.74) is 11.6. The molecule has 2 aromatic carbocycles. The molecule has 1 N–H and O–H groups in total. The summed E-state index contributed by atoms with van der Waals surface area (Å²) in [6, 6.07) is 0. The van der Waals surface area contributed by atoms with Crippen molar-refractivity contribution in [1.82, 2.24) is 15.0 Å². The summed E-state index contributed by atoms with van der Waals surface area (Å²) < 4.78 is 0. The molecule has 29 heavy (non-hydrogen) atoms. The van der Waals surface area contributed by atoms with Gasteiger partial charge < -0.3 is 5.11 Å². The van der Waals surface area contributed by atoms with Crippen molar-refractivity contribution in [3.8, 4) is 28.5 Å². The van der Waals surface area contributed by atoms with E-state index in [9.17, 15) is 5.11 Å². The van der Waals surface area contributed by atoms with Gasteiger partial charge in [0.2, 0.25) is 5.28 Å². The Morgan fingerprint density at radius 3 is 1.31 bits per heavy atom. The van der Waals surface area contributed by atoms with Crippen LogP contribution in [0, 0.1) is 0 Å². The van der Waals surface area contributed by atoms with Gasteiger partial charge in [-0.2, -0.15) is 9.97 Å². The maximum absolute atomic E-state index is 10.9.